The zero-order valence-corrected chi connectivity index (χ0v) is 17.1. The zero-order chi connectivity index (χ0) is 20.6. The van der Waals surface area contributed by atoms with Crippen LogP contribution in [-0.4, -0.2) is 41.5 Å². The highest BCUT2D eigenvalue weighted by molar-refractivity contribution is 7.17. The maximum absolute atomic E-state index is 12.7. The molecule has 4 rings (SSSR count). The van der Waals surface area contributed by atoms with Crippen molar-refractivity contribution in [2.75, 3.05) is 19.6 Å². The van der Waals surface area contributed by atoms with Gasteiger partial charge in [0.1, 0.15) is 9.88 Å². The Labute approximate surface area is 172 Å². The average molecular weight is 424 g/mol. The van der Waals surface area contributed by atoms with E-state index in [4.69, 9.17) is 0 Å². The van der Waals surface area contributed by atoms with E-state index in [0.717, 1.165) is 44.1 Å². The minimum atomic E-state index is -4.36. The summed E-state index contributed by atoms with van der Waals surface area (Å²) >= 11 is 1.22. The summed E-state index contributed by atoms with van der Waals surface area (Å²) in [6.07, 6.45) is 0.502. The molecule has 1 saturated carbocycles. The number of thiazole rings is 1. The molecule has 156 valence electrons. The molecular weight excluding hydrogens is 399 g/mol. The van der Waals surface area contributed by atoms with Gasteiger partial charge in [-0.05, 0) is 63.7 Å². The van der Waals surface area contributed by atoms with Crippen LogP contribution in [0.15, 0.2) is 24.3 Å². The van der Waals surface area contributed by atoms with E-state index in [9.17, 15) is 18.0 Å². The predicted molar refractivity (Wildman–Crippen MR) is 107 cm³/mol. The Hall–Kier alpha value is -1.93. The number of likely N-dealkylation sites (tertiary alicyclic amines) is 1. The van der Waals surface area contributed by atoms with Crippen LogP contribution in [0.2, 0.25) is 0 Å². The highest BCUT2D eigenvalue weighted by Gasteiger charge is 2.32. The molecule has 0 radical (unpaired) electrons. The molecule has 2 fully saturated rings. The molecule has 2 aliphatic rings. The predicted octanol–water partition coefficient (Wildman–Crippen LogP) is 4.74. The Morgan fingerprint density at radius 2 is 1.83 bits per heavy atom. The number of hydrogen-bond acceptors (Lipinski definition) is 4. The smallest absolute Gasteiger partial charge is 0.351 e. The second kappa shape index (κ2) is 8.07. The summed E-state index contributed by atoms with van der Waals surface area (Å²) in [4.78, 5) is 20.1. The lowest BCUT2D eigenvalue weighted by Crippen LogP contribution is -2.39. The highest BCUT2D eigenvalue weighted by atomic mass is 32.1. The van der Waals surface area contributed by atoms with Crippen molar-refractivity contribution in [3.8, 4) is 10.6 Å². The molecule has 2 heterocycles. The Morgan fingerprint density at radius 1 is 1.17 bits per heavy atom. The quantitative estimate of drug-likeness (QED) is 0.756. The van der Waals surface area contributed by atoms with Crippen molar-refractivity contribution in [1.29, 1.82) is 0 Å². The number of rotatable bonds is 5. The number of aryl methyl sites for hydroxylation is 1. The van der Waals surface area contributed by atoms with Crippen LogP contribution in [0.3, 0.4) is 0 Å². The van der Waals surface area contributed by atoms with Gasteiger partial charge in [-0.2, -0.15) is 13.2 Å². The summed E-state index contributed by atoms with van der Waals surface area (Å²) < 4.78 is 38.2. The van der Waals surface area contributed by atoms with Gasteiger partial charge in [-0.1, -0.05) is 12.1 Å². The number of carbonyl (C=O) groups is 1. The normalized spacial score (nSPS) is 18.8. The summed E-state index contributed by atoms with van der Waals surface area (Å²) in [7, 11) is 0. The number of aromatic nitrogens is 1. The molecule has 1 aliphatic carbocycles. The van der Waals surface area contributed by atoms with Crippen LogP contribution in [0, 0.1) is 12.8 Å². The lowest BCUT2D eigenvalue weighted by Gasteiger charge is -2.31. The van der Waals surface area contributed by atoms with Gasteiger partial charge >= 0.3 is 6.18 Å². The summed E-state index contributed by atoms with van der Waals surface area (Å²) in [5.74, 6) is 0.347. The molecule has 1 aromatic heterocycles. The number of hydrogen-bond donors (Lipinski definition) is 1. The lowest BCUT2D eigenvalue weighted by atomic mass is 9.96. The SMILES string of the molecule is Cc1nc(-c2ccc(C(F)(F)F)cc2)sc1C(=O)NCC1CCN(C2CC2)CC1. The first kappa shape index (κ1) is 20.3. The minimum absolute atomic E-state index is 0.150. The Balaban J connectivity index is 1.35. The van der Waals surface area contributed by atoms with E-state index in [1.165, 1.54) is 36.3 Å². The third-order valence-electron chi connectivity index (χ3n) is 5.73. The van der Waals surface area contributed by atoms with Crippen molar-refractivity contribution in [2.24, 2.45) is 5.92 Å². The molecule has 1 aromatic carbocycles. The first-order valence-electron chi connectivity index (χ1n) is 9.98. The number of piperidine rings is 1. The second-order valence-electron chi connectivity index (χ2n) is 7.93. The third-order valence-corrected chi connectivity index (χ3v) is 6.93. The van der Waals surface area contributed by atoms with E-state index in [0.29, 0.717) is 33.6 Å². The number of benzene rings is 1. The summed E-state index contributed by atoms with van der Waals surface area (Å²) in [6.45, 7) is 4.64. The van der Waals surface area contributed by atoms with E-state index in [2.05, 4.69) is 15.2 Å². The van der Waals surface area contributed by atoms with Crippen LogP contribution in [0.25, 0.3) is 10.6 Å². The number of nitrogens with zero attached hydrogens (tertiary/aromatic N) is 2. The first-order chi connectivity index (χ1) is 13.8. The molecule has 2 aromatic rings. The molecule has 1 N–H and O–H groups in total. The fraction of sp³-hybridized carbons (Fsp3) is 0.524. The number of amides is 1. The van der Waals surface area contributed by atoms with Crippen molar-refractivity contribution < 1.29 is 18.0 Å². The first-order valence-corrected chi connectivity index (χ1v) is 10.8. The fourth-order valence-corrected chi connectivity index (χ4v) is 4.80. The molecule has 29 heavy (non-hydrogen) atoms. The molecule has 0 atom stereocenters. The van der Waals surface area contributed by atoms with Crippen molar-refractivity contribution >= 4 is 17.2 Å². The summed E-state index contributed by atoms with van der Waals surface area (Å²) in [5, 5.41) is 3.58. The van der Waals surface area contributed by atoms with E-state index in [-0.39, 0.29) is 5.91 Å². The van der Waals surface area contributed by atoms with Gasteiger partial charge in [0, 0.05) is 18.2 Å². The second-order valence-corrected chi connectivity index (χ2v) is 8.93. The summed E-state index contributed by atoms with van der Waals surface area (Å²) in [6, 6.07) is 5.68. The minimum Gasteiger partial charge on any atom is -0.351 e. The number of carbonyl (C=O) groups excluding carboxylic acids is 1. The molecule has 8 heteroatoms. The average Bonchev–Trinajstić information content (AvgIpc) is 3.48. The maximum atomic E-state index is 12.7. The Bertz CT molecular complexity index is 866. The molecule has 1 amide bonds. The fourth-order valence-electron chi connectivity index (χ4n) is 3.81. The van der Waals surface area contributed by atoms with Gasteiger partial charge < -0.3 is 10.2 Å². The standard InChI is InChI=1S/C21H24F3N3OS/c1-13-18(19(28)25-12-14-8-10-27(11-9-14)17-6-7-17)29-20(26-13)15-2-4-16(5-3-15)21(22,23)24/h2-5,14,17H,6-12H2,1H3,(H,25,28). The monoisotopic (exact) mass is 423 g/mol. The maximum Gasteiger partial charge on any atom is 0.416 e. The molecule has 0 bridgehead atoms. The van der Waals surface area contributed by atoms with Crippen LogP contribution >= 0.6 is 11.3 Å². The summed E-state index contributed by atoms with van der Waals surface area (Å²) in [5.41, 5.74) is 0.490. The lowest BCUT2D eigenvalue weighted by molar-refractivity contribution is -0.137. The molecule has 4 nitrogen and oxygen atoms in total. The van der Waals surface area contributed by atoms with Crippen molar-refractivity contribution in [1.82, 2.24) is 15.2 Å². The van der Waals surface area contributed by atoms with E-state index in [1.54, 1.807) is 6.92 Å². The van der Waals surface area contributed by atoms with Crippen LogP contribution in [0.5, 0.6) is 0 Å². The Morgan fingerprint density at radius 3 is 2.41 bits per heavy atom. The topological polar surface area (TPSA) is 45.2 Å². The largest absolute Gasteiger partial charge is 0.416 e. The van der Waals surface area contributed by atoms with E-state index >= 15 is 0 Å². The van der Waals surface area contributed by atoms with Crippen LogP contribution < -0.4 is 5.32 Å². The van der Waals surface area contributed by atoms with Gasteiger partial charge in [0.05, 0.1) is 11.3 Å². The number of nitrogens with one attached hydrogen (secondary N) is 1. The van der Waals surface area contributed by atoms with Crippen molar-refractivity contribution in [3.63, 3.8) is 0 Å². The van der Waals surface area contributed by atoms with Gasteiger partial charge in [0.2, 0.25) is 0 Å². The Kier molecular flexibility index (Phi) is 5.66. The number of alkyl halides is 3. The van der Waals surface area contributed by atoms with Crippen LogP contribution in [0.4, 0.5) is 13.2 Å². The zero-order valence-electron chi connectivity index (χ0n) is 16.3. The van der Waals surface area contributed by atoms with E-state index < -0.39 is 11.7 Å². The molecule has 1 saturated heterocycles. The van der Waals surface area contributed by atoms with Crippen molar-refractivity contribution in [2.45, 2.75) is 44.8 Å². The molecule has 1 aliphatic heterocycles. The van der Waals surface area contributed by atoms with Gasteiger partial charge in [-0.25, -0.2) is 4.98 Å². The van der Waals surface area contributed by atoms with Gasteiger partial charge in [-0.3, -0.25) is 4.79 Å². The van der Waals surface area contributed by atoms with Gasteiger partial charge in [0.15, 0.2) is 0 Å². The van der Waals surface area contributed by atoms with Gasteiger partial charge in [-0.15, -0.1) is 11.3 Å². The molecule has 0 spiro atoms. The van der Waals surface area contributed by atoms with Crippen LogP contribution in [0.1, 0.15) is 46.6 Å². The van der Waals surface area contributed by atoms with E-state index in [1.807, 2.05) is 0 Å². The molecule has 0 unspecified atom stereocenters. The highest BCUT2D eigenvalue weighted by Crippen LogP contribution is 2.33. The molecular formula is C21H24F3N3OS. The number of halogens is 3. The van der Waals surface area contributed by atoms with Gasteiger partial charge in [0.25, 0.3) is 5.91 Å². The third kappa shape index (κ3) is 4.80. The van der Waals surface area contributed by atoms with Crippen LogP contribution in [-0.2, 0) is 6.18 Å². The van der Waals surface area contributed by atoms with Crippen molar-refractivity contribution in [3.05, 3.63) is 40.4 Å².